The summed E-state index contributed by atoms with van der Waals surface area (Å²) >= 11 is 0. The van der Waals surface area contributed by atoms with Crippen LogP contribution in [-0.2, 0) is 25.7 Å². The van der Waals surface area contributed by atoms with Crippen molar-refractivity contribution in [2.24, 2.45) is 0 Å². The van der Waals surface area contributed by atoms with Gasteiger partial charge in [-0.15, -0.1) is 0 Å². The quantitative estimate of drug-likeness (QED) is 0.571. The van der Waals surface area contributed by atoms with E-state index in [0.29, 0.717) is 31.4 Å². The first-order valence-electron chi connectivity index (χ1n) is 7.67. The molecule has 2 aromatic rings. The summed E-state index contributed by atoms with van der Waals surface area (Å²) in [5.41, 5.74) is 1.40. The number of aliphatic carboxylic acids is 1. The lowest BCUT2D eigenvalue weighted by Crippen LogP contribution is -2.12. The van der Waals surface area contributed by atoms with E-state index in [1.54, 1.807) is 29.0 Å². The molecule has 0 saturated heterocycles. The third-order valence-electron chi connectivity index (χ3n) is 3.66. The van der Waals surface area contributed by atoms with Gasteiger partial charge < -0.3 is 19.7 Å². The molecule has 0 atom stereocenters. The van der Waals surface area contributed by atoms with Crippen LogP contribution in [0.15, 0.2) is 30.5 Å². The van der Waals surface area contributed by atoms with Crippen LogP contribution in [0.25, 0.3) is 10.9 Å². The van der Waals surface area contributed by atoms with Crippen LogP contribution in [0.3, 0.4) is 0 Å². The summed E-state index contributed by atoms with van der Waals surface area (Å²) in [6.07, 6.45) is 3.49. The molecule has 1 heterocycles. The molecule has 0 aliphatic heterocycles. The van der Waals surface area contributed by atoms with Gasteiger partial charge in [0.1, 0.15) is 6.54 Å². The van der Waals surface area contributed by atoms with Crippen molar-refractivity contribution in [3.63, 3.8) is 0 Å². The fourth-order valence-corrected chi connectivity index (χ4v) is 2.49. The number of methoxy groups -OCH3 is 1. The van der Waals surface area contributed by atoms with Gasteiger partial charge in [0, 0.05) is 24.4 Å². The predicted octanol–water partition coefficient (Wildman–Crippen LogP) is 2.40. The van der Waals surface area contributed by atoms with E-state index < -0.39 is 5.97 Å². The van der Waals surface area contributed by atoms with Crippen LogP contribution in [0, 0.1) is 0 Å². The van der Waals surface area contributed by atoms with Gasteiger partial charge in [-0.1, -0.05) is 6.07 Å². The second-order valence-corrected chi connectivity index (χ2v) is 5.41. The molecule has 2 rings (SSSR count). The third-order valence-corrected chi connectivity index (χ3v) is 3.66. The van der Waals surface area contributed by atoms with Crippen molar-refractivity contribution in [1.82, 2.24) is 4.57 Å². The van der Waals surface area contributed by atoms with E-state index in [-0.39, 0.29) is 18.4 Å². The van der Waals surface area contributed by atoms with Crippen molar-refractivity contribution in [2.45, 2.75) is 32.2 Å². The SMILES string of the molecule is COC(=O)CCCCC(=O)Nc1cccc2c1ccn2CC(=O)O. The molecular formula is C17H20N2O5. The highest BCUT2D eigenvalue weighted by atomic mass is 16.5. The first kappa shape index (κ1) is 17.5. The third kappa shape index (κ3) is 4.58. The maximum atomic E-state index is 12.0. The van der Waals surface area contributed by atoms with Gasteiger partial charge in [0.15, 0.2) is 0 Å². The summed E-state index contributed by atoms with van der Waals surface area (Å²) in [5.74, 6) is -1.34. The molecule has 128 valence electrons. The highest BCUT2D eigenvalue weighted by Gasteiger charge is 2.10. The molecule has 0 bridgehead atoms. The molecule has 0 aliphatic rings. The molecule has 1 amide bonds. The number of amides is 1. The minimum Gasteiger partial charge on any atom is -0.480 e. The number of nitrogens with zero attached hydrogens (tertiary/aromatic N) is 1. The number of anilines is 1. The minimum absolute atomic E-state index is 0.131. The van der Waals surface area contributed by atoms with Crippen LogP contribution in [-0.4, -0.2) is 34.6 Å². The smallest absolute Gasteiger partial charge is 0.323 e. The minimum atomic E-state index is -0.924. The Hall–Kier alpha value is -2.83. The Kier molecular flexibility index (Phi) is 5.95. The maximum absolute atomic E-state index is 12.0. The average Bonchev–Trinajstić information content (AvgIpc) is 2.95. The van der Waals surface area contributed by atoms with Gasteiger partial charge in [-0.2, -0.15) is 0 Å². The number of benzene rings is 1. The number of carbonyl (C=O) groups is 3. The number of carbonyl (C=O) groups excluding carboxylic acids is 2. The van der Waals surface area contributed by atoms with E-state index in [0.717, 1.165) is 10.9 Å². The molecule has 1 aromatic heterocycles. The van der Waals surface area contributed by atoms with Gasteiger partial charge in [-0.3, -0.25) is 14.4 Å². The number of unbranched alkanes of at least 4 members (excludes halogenated alkanes) is 1. The zero-order valence-electron chi connectivity index (χ0n) is 13.4. The standard InChI is InChI=1S/C17H20N2O5/c1-24-17(23)8-3-2-7-15(20)18-13-5-4-6-14-12(13)9-10-19(14)11-16(21)22/h4-6,9-10H,2-3,7-8,11H2,1H3,(H,18,20)(H,21,22). The molecule has 0 aliphatic carbocycles. The number of ether oxygens (including phenoxy) is 1. The summed E-state index contributed by atoms with van der Waals surface area (Å²) < 4.78 is 6.16. The predicted molar refractivity (Wildman–Crippen MR) is 88.7 cm³/mol. The van der Waals surface area contributed by atoms with Gasteiger partial charge in [0.2, 0.25) is 5.91 Å². The normalized spacial score (nSPS) is 10.5. The number of aromatic nitrogens is 1. The van der Waals surface area contributed by atoms with E-state index in [1.807, 2.05) is 6.07 Å². The second-order valence-electron chi connectivity index (χ2n) is 5.41. The lowest BCUT2D eigenvalue weighted by atomic mass is 10.1. The number of hydrogen-bond donors (Lipinski definition) is 2. The molecule has 24 heavy (non-hydrogen) atoms. The van der Waals surface area contributed by atoms with Crippen LogP contribution in [0.1, 0.15) is 25.7 Å². The maximum Gasteiger partial charge on any atom is 0.323 e. The lowest BCUT2D eigenvalue weighted by molar-refractivity contribution is -0.141. The molecule has 0 spiro atoms. The molecule has 0 unspecified atom stereocenters. The number of hydrogen-bond acceptors (Lipinski definition) is 4. The molecule has 2 N–H and O–H groups in total. The number of rotatable bonds is 8. The fraction of sp³-hybridized carbons (Fsp3) is 0.353. The molecule has 0 radical (unpaired) electrons. The summed E-state index contributed by atoms with van der Waals surface area (Å²) in [6, 6.07) is 7.14. The van der Waals surface area contributed by atoms with Crippen molar-refractivity contribution >= 4 is 34.4 Å². The van der Waals surface area contributed by atoms with E-state index in [4.69, 9.17) is 5.11 Å². The van der Waals surface area contributed by atoms with Gasteiger partial charge in [0.05, 0.1) is 18.3 Å². The largest absolute Gasteiger partial charge is 0.480 e. The van der Waals surface area contributed by atoms with E-state index in [1.165, 1.54) is 7.11 Å². The van der Waals surface area contributed by atoms with Crippen LogP contribution >= 0.6 is 0 Å². The summed E-state index contributed by atoms with van der Waals surface area (Å²) in [5, 5.41) is 12.5. The molecule has 1 aromatic carbocycles. The van der Waals surface area contributed by atoms with Crippen LogP contribution < -0.4 is 5.32 Å². The molecule has 0 fully saturated rings. The van der Waals surface area contributed by atoms with Crippen LogP contribution in [0.4, 0.5) is 5.69 Å². The van der Waals surface area contributed by atoms with E-state index in [2.05, 4.69) is 10.1 Å². The highest BCUT2D eigenvalue weighted by Crippen LogP contribution is 2.24. The number of fused-ring (bicyclic) bond motifs is 1. The van der Waals surface area contributed by atoms with Crippen molar-refractivity contribution < 1.29 is 24.2 Å². The van der Waals surface area contributed by atoms with Gasteiger partial charge in [-0.25, -0.2) is 0 Å². The van der Waals surface area contributed by atoms with Gasteiger partial charge >= 0.3 is 11.9 Å². The number of carboxylic acids is 1. The Morgan fingerprint density at radius 1 is 1.17 bits per heavy atom. The monoisotopic (exact) mass is 332 g/mol. The lowest BCUT2D eigenvalue weighted by Gasteiger charge is -2.08. The Morgan fingerprint density at radius 3 is 2.62 bits per heavy atom. The zero-order chi connectivity index (χ0) is 17.5. The second kappa shape index (κ2) is 8.14. The van der Waals surface area contributed by atoms with Crippen molar-refractivity contribution in [2.75, 3.05) is 12.4 Å². The Labute approximate surface area is 139 Å². The average molecular weight is 332 g/mol. The van der Waals surface area contributed by atoms with Crippen LogP contribution in [0.2, 0.25) is 0 Å². The topological polar surface area (TPSA) is 97.6 Å². The number of nitrogens with one attached hydrogen (secondary N) is 1. The van der Waals surface area contributed by atoms with Crippen molar-refractivity contribution in [3.8, 4) is 0 Å². The van der Waals surface area contributed by atoms with Crippen molar-refractivity contribution in [1.29, 1.82) is 0 Å². The molecule has 7 nitrogen and oxygen atoms in total. The summed E-state index contributed by atoms with van der Waals surface area (Å²) in [4.78, 5) is 33.9. The van der Waals surface area contributed by atoms with Gasteiger partial charge in [0.25, 0.3) is 0 Å². The molecule has 7 heteroatoms. The Morgan fingerprint density at radius 2 is 1.92 bits per heavy atom. The van der Waals surface area contributed by atoms with Crippen LogP contribution in [0.5, 0.6) is 0 Å². The first-order valence-corrected chi connectivity index (χ1v) is 7.67. The summed E-state index contributed by atoms with van der Waals surface area (Å²) in [7, 11) is 1.34. The Bertz CT molecular complexity index is 751. The Balaban J connectivity index is 1.97. The zero-order valence-corrected chi connectivity index (χ0v) is 13.4. The fourth-order valence-electron chi connectivity index (χ4n) is 2.49. The molecular weight excluding hydrogens is 312 g/mol. The van der Waals surface area contributed by atoms with Gasteiger partial charge in [-0.05, 0) is 31.0 Å². The van der Waals surface area contributed by atoms with Crippen molar-refractivity contribution in [3.05, 3.63) is 30.5 Å². The molecule has 0 saturated carbocycles. The summed E-state index contributed by atoms with van der Waals surface area (Å²) in [6.45, 7) is -0.131. The number of carboxylic acid groups (broad SMARTS) is 1. The first-order chi connectivity index (χ1) is 11.5. The number of esters is 1. The van der Waals surface area contributed by atoms with E-state index in [9.17, 15) is 14.4 Å². The van der Waals surface area contributed by atoms with E-state index >= 15 is 0 Å². The highest BCUT2D eigenvalue weighted by molar-refractivity contribution is 6.01.